The molecule has 1 heterocycles. The second-order valence-corrected chi connectivity index (χ2v) is 7.77. The van der Waals surface area contributed by atoms with Gasteiger partial charge in [-0.1, -0.05) is 17.7 Å². The molecule has 0 bridgehead atoms. The van der Waals surface area contributed by atoms with Crippen molar-refractivity contribution in [2.75, 3.05) is 18.4 Å². The van der Waals surface area contributed by atoms with Crippen molar-refractivity contribution < 1.29 is 19.1 Å². The monoisotopic (exact) mass is 439 g/mol. The Morgan fingerprint density at radius 3 is 2.48 bits per heavy atom. The summed E-state index contributed by atoms with van der Waals surface area (Å²) in [5, 5.41) is 12.1. The highest BCUT2D eigenvalue weighted by molar-refractivity contribution is 6.30. The first kappa shape index (κ1) is 22.3. The van der Waals surface area contributed by atoms with Gasteiger partial charge in [-0.15, -0.1) is 0 Å². The van der Waals surface area contributed by atoms with Crippen molar-refractivity contribution in [3.8, 4) is 6.07 Å². The number of likely N-dealkylation sites (tertiary alicyclic amines) is 1. The number of nitrogens with zero attached hydrogens (tertiary/aromatic N) is 2. The number of carbonyl (C=O) groups is 3. The van der Waals surface area contributed by atoms with Gasteiger partial charge in [0.05, 0.1) is 17.6 Å². The van der Waals surface area contributed by atoms with Gasteiger partial charge in [0.1, 0.15) is 0 Å². The number of benzene rings is 2. The molecule has 0 radical (unpaired) electrons. The van der Waals surface area contributed by atoms with Crippen LogP contribution in [0.15, 0.2) is 48.5 Å². The van der Waals surface area contributed by atoms with Crippen LogP contribution < -0.4 is 5.32 Å². The Morgan fingerprint density at radius 1 is 1.16 bits per heavy atom. The SMILES string of the molecule is CC(OC(=O)C1CCN(C(=O)c2ccc(Cl)cc2)CC1)C(=O)Nc1cccc(C#N)c1. The van der Waals surface area contributed by atoms with Gasteiger partial charge in [-0.25, -0.2) is 0 Å². The van der Waals surface area contributed by atoms with Gasteiger partial charge in [0.15, 0.2) is 6.10 Å². The van der Waals surface area contributed by atoms with Crippen LogP contribution in [0.25, 0.3) is 0 Å². The molecule has 0 aliphatic carbocycles. The van der Waals surface area contributed by atoms with Crippen molar-refractivity contribution >= 4 is 35.1 Å². The number of piperidine rings is 1. The summed E-state index contributed by atoms with van der Waals surface area (Å²) in [6.07, 6.45) is -0.0417. The average molecular weight is 440 g/mol. The minimum atomic E-state index is -0.980. The van der Waals surface area contributed by atoms with Crippen molar-refractivity contribution in [3.63, 3.8) is 0 Å². The summed E-state index contributed by atoms with van der Waals surface area (Å²) >= 11 is 5.86. The van der Waals surface area contributed by atoms with E-state index >= 15 is 0 Å². The number of amides is 2. The third kappa shape index (κ3) is 5.83. The molecule has 1 fully saturated rings. The van der Waals surface area contributed by atoms with Crippen LogP contribution in [0.5, 0.6) is 0 Å². The Kier molecular flexibility index (Phi) is 7.27. The van der Waals surface area contributed by atoms with Gasteiger partial charge in [-0.3, -0.25) is 14.4 Å². The number of carbonyl (C=O) groups excluding carboxylic acids is 3. The van der Waals surface area contributed by atoms with Gasteiger partial charge < -0.3 is 15.0 Å². The fourth-order valence-electron chi connectivity index (χ4n) is 3.33. The molecule has 1 N–H and O–H groups in total. The Morgan fingerprint density at radius 2 is 1.84 bits per heavy atom. The van der Waals surface area contributed by atoms with Crippen molar-refractivity contribution in [1.82, 2.24) is 4.90 Å². The van der Waals surface area contributed by atoms with E-state index in [1.54, 1.807) is 53.4 Å². The van der Waals surface area contributed by atoms with Crippen molar-refractivity contribution in [2.45, 2.75) is 25.9 Å². The zero-order chi connectivity index (χ0) is 22.4. The number of ether oxygens (including phenoxy) is 1. The van der Waals surface area contributed by atoms with Crippen LogP contribution in [0, 0.1) is 17.2 Å². The van der Waals surface area contributed by atoms with Crippen LogP contribution in [-0.2, 0) is 14.3 Å². The number of nitriles is 1. The lowest BCUT2D eigenvalue weighted by Crippen LogP contribution is -2.41. The summed E-state index contributed by atoms with van der Waals surface area (Å²) in [5.74, 6) is -1.40. The largest absolute Gasteiger partial charge is 0.452 e. The fourth-order valence-corrected chi connectivity index (χ4v) is 3.45. The Balaban J connectivity index is 1.48. The summed E-state index contributed by atoms with van der Waals surface area (Å²) in [6, 6.07) is 15.2. The van der Waals surface area contributed by atoms with E-state index in [-0.39, 0.29) is 11.8 Å². The molecule has 160 valence electrons. The van der Waals surface area contributed by atoms with E-state index in [2.05, 4.69) is 5.32 Å². The number of rotatable bonds is 5. The smallest absolute Gasteiger partial charge is 0.309 e. The lowest BCUT2D eigenvalue weighted by molar-refractivity contribution is -0.158. The maximum absolute atomic E-state index is 12.6. The highest BCUT2D eigenvalue weighted by Gasteiger charge is 2.30. The molecule has 1 unspecified atom stereocenters. The standard InChI is InChI=1S/C23H22ClN3O4/c1-15(21(28)26-20-4-2-3-16(13-20)14-25)31-23(30)18-9-11-27(12-10-18)22(29)17-5-7-19(24)8-6-17/h2-8,13,15,18H,9-12H2,1H3,(H,26,28). The number of anilines is 1. The molecule has 0 spiro atoms. The highest BCUT2D eigenvalue weighted by atomic mass is 35.5. The van der Waals surface area contributed by atoms with Gasteiger partial charge in [-0.2, -0.15) is 5.26 Å². The molecule has 1 aliphatic rings. The fraction of sp³-hybridized carbons (Fsp3) is 0.304. The summed E-state index contributed by atoms with van der Waals surface area (Å²) < 4.78 is 5.34. The van der Waals surface area contributed by atoms with E-state index < -0.39 is 18.0 Å². The molecule has 2 aromatic carbocycles. The van der Waals surface area contributed by atoms with Gasteiger partial charge in [0, 0.05) is 29.4 Å². The lowest BCUT2D eigenvalue weighted by atomic mass is 9.96. The Bertz CT molecular complexity index is 1010. The Labute approximate surface area is 185 Å². The first-order valence-electron chi connectivity index (χ1n) is 9.93. The van der Waals surface area contributed by atoms with Gasteiger partial charge in [0.2, 0.25) is 0 Å². The zero-order valence-electron chi connectivity index (χ0n) is 17.0. The first-order valence-corrected chi connectivity index (χ1v) is 10.3. The molecule has 7 nitrogen and oxygen atoms in total. The summed E-state index contributed by atoms with van der Waals surface area (Å²) in [7, 11) is 0. The van der Waals surface area contributed by atoms with Gasteiger partial charge in [-0.05, 0) is 62.2 Å². The molecule has 8 heteroatoms. The molecular formula is C23H22ClN3O4. The molecular weight excluding hydrogens is 418 g/mol. The Hall–Kier alpha value is -3.37. The molecule has 1 saturated heterocycles. The molecule has 31 heavy (non-hydrogen) atoms. The molecule has 1 atom stereocenters. The van der Waals surface area contributed by atoms with E-state index in [1.807, 2.05) is 6.07 Å². The van der Waals surface area contributed by atoms with Crippen LogP contribution in [0.1, 0.15) is 35.7 Å². The number of esters is 1. The first-order chi connectivity index (χ1) is 14.9. The molecule has 3 rings (SSSR count). The number of halogens is 1. The van der Waals surface area contributed by atoms with Gasteiger partial charge in [0.25, 0.3) is 11.8 Å². The van der Waals surface area contributed by atoms with E-state index in [4.69, 9.17) is 21.6 Å². The number of hydrogen-bond acceptors (Lipinski definition) is 5. The quantitative estimate of drug-likeness (QED) is 0.717. The third-order valence-corrected chi connectivity index (χ3v) is 5.38. The third-order valence-electron chi connectivity index (χ3n) is 5.13. The second-order valence-electron chi connectivity index (χ2n) is 7.33. The van der Waals surface area contributed by atoms with Crippen molar-refractivity contribution in [1.29, 1.82) is 5.26 Å². The van der Waals surface area contributed by atoms with Crippen molar-refractivity contribution in [3.05, 3.63) is 64.7 Å². The normalized spacial score (nSPS) is 14.9. The number of hydrogen-bond donors (Lipinski definition) is 1. The van der Waals surface area contributed by atoms with E-state index in [9.17, 15) is 14.4 Å². The minimum Gasteiger partial charge on any atom is -0.452 e. The van der Waals surface area contributed by atoms with Crippen LogP contribution in [0.2, 0.25) is 5.02 Å². The molecule has 2 aromatic rings. The van der Waals surface area contributed by atoms with Crippen LogP contribution in [0.3, 0.4) is 0 Å². The summed E-state index contributed by atoms with van der Waals surface area (Å²) in [4.78, 5) is 39.1. The van der Waals surface area contributed by atoms with E-state index in [0.717, 1.165) is 0 Å². The van der Waals surface area contributed by atoms with Crippen molar-refractivity contribution in [2.24, 2.45) is 5.92 Å². The van der Waals surface area contributed by atoms with Crippen LogP contribution in [-0.4, -0.2) is 41.9 Å². The second kappa shape index (κ2) is 10.1. The topological polar surface area (TPSA) is 99.5 Å². The molecule has 1 aliphatic heterocycles. The number of nitrogens with one attached hydrogen (secondary N) is 1. The predicted molar refractivity (Wildman–Crippen MR) is 115 cm³/mol. The average Bonchev–Trinajstić information content (AvgIpc) is 2.79. The molecule has 0 saturated carbocycles. The van der Waals surface area contributed by atoms with E-state index in [0.29, 0.717) is 47.8 Å². The maximum atomic E-state index is 12.6. The predicted octanol–water partition coefficient (Wildman–Crippen LogP) is 3.63. The van der Waals surface area contributed by atoms with Crippen LogP contribution >= 0.6 is 11.6 Å². The van der Waals surface area contributed by atoms with Gasteiger partial charge >= 0.3 is 5.97 Å². The highest BCUT2D eigenvalue weighted by Crippen LogP contribution is 2.22. The van der Waals surface area contributed by atoms with E-state index in [1.165, 1.54) is 6.92 Å². The minimum absolute atomic E-state index is 0.101. The summed E-state index contributed by atoms with van der Waals surface area (Å²) in [6.45, 7) is 2.37. The summed E-state index contributed by atoms with van der Waals surface area (Å²) in [5.41, 5.74) is 1.43. The van der Waals surface area contributed by atoms with Crippen LogP contribution in [0.4, 0.5) is 5.69 Å². The molecule has 0 aromatic heterocycles. The molecule has 2 amide bonds. The zero-order valence-corrected chi connectivity index (χ0v) is 17.8. The lowest BCUT2D eigenvalue weighted by Gasteiger charge is -2.31. The maximum Gasteiger partial charge on any atom is 0.309 e.